The van der Waals surface area contributed by atoms with Crippen molar-refractivity contribution in [1.82, 2.24) is 20.2 Å². The van der Waals surface area contributed by atoms with Crippen LogP contribution in [0.5, 0.6) is 0 Å². The molecule has 2 aromatic rings. The average Bonchev–Trinajstić information content (AvgIpc) is 2.96. The first-order valence-electron chi connectivity index (χ1n) is 7.57. The van der Waals surface area contributed by atoms with Crippen molar-refractivity contribution < 1.29 is 0 Å². The van der Waals surface area contributed by atoms with Gasteiger partial charge in [-0.15, -0.1) is 22.7 Å². The van der Waals surface area contributed by atoms with Gasteiger partial charge in [-0.1, -0.05) is 0 Å². The molecular weight excluding hydrogens is 300 g/mol. The number of thiazole rings is 2. The lowest BCUT2D eigenvalue weighted by molar-refractivity contribution is 0.187. The van der Waals surface area contributed by atoms with Crippen LogP contribution in [-0.2, 0) is 13.1 Å². The van der Waals surface area contributed by atoms with Crippen molar-refractivity contribution in [1.29, 1.82) is 0 Å². The van der Waals surface area contributed by atoms with Gasteiger partial charge in [-0.2, -0.15) is 0 Å². The average molecular weight is 320 g/mol. The maximum Gasteiger partial charge on any atom is 0.107 e. The predicted octanol–water partition coefficient (Wildman–Crippen LogP) is 2.74. The molecule has 1 saturated heterocycles. The topological polar surface area (TPSA) is 41.1 Å². The normalized spacial score (nSPS) is 23.8. The number of aromatic nitrogens is 2. The Balaban J connectivity index is 1.50. The molecule has 1 saturated carbocycles. The van der Waals surface area contributed by atoms with Gasteiger partial charge in [0.1, 0.15) is 10.0 Å². The summed E-state index contributed by atoms with van der Waals surface area (Å²) >= 11 is 3.52. The highest BCUT2D eigenvalue weighted by Gasteiger charge is 2.56. The summed E-state index contributed by atoms with van der Waals surface area (Å²) in [6.07, 6.45) is 7.82. The van der Waals surface area contributed by atoms with Gasteiger partial charge in [0.15, 0.2) is 0 Å². The highest BCUT2D eigenvalue weighted by atomic mass is 32.1. The lowest BCUT2D eigenvalue weighted by Gasteiger charge is -2.28. The van der Waals surface area contributed by atoms with E-state index in [0.29, 0.717) is 11.5 Å². The van der Waals surface area contributed by atoms with E-state index in [0.717, 1.165) is 13.1 Å². The summed E-state index contributed by atoms with van der Waals surface area (Å²) in [5.74, 6) is 0. The van der Waals surface area contributed by atoms with E-state index in [-0.39, 0.29) is 0 Å². The Morgan fingerprint density at radius 3 is 2.24 bits per heavy atom. The summed E-state index contributed by atoms with van der Waals surface area (Å²) in [4.78, 5) is 11.6. The van der Waals surface area contributed by atoms with Crippen molar-refractivity contribution >= 4 is 22.7 Å². The first kappa shape index (κ1) is 13.8. The summed E-state index contributed by atoms with van der Waals surface area (Å²) in [6, 6.07) is 0.715. The Hall–Kier alpha value is -0.820. The molecule has 1 N–H and O–H groups in total. The maximum atomic E-state index is 4.48. The highest BCUT2D eigenvalue weighted by molar-refractivity contribution is 7.09. The van der Waals surface area contributed by atoms with Crippen LogP contribution >= 0.6 is 22.7 Å². The molecule has 4 nitrogen and oxygen atoms in total. The van der Waals surface area contributed by atoms with Gasteiger partial charge in [0.2, 0.25) is 0 Å². The van der Waals surface area contributed by atoms with Crippen LogP contribution in [0.15, 0.2) is 23.2 Å². The Labute approximate surface area is 133 Å². The van der Waals surface area contributed by atoms with Crippen LogP contribution in [0, 0.1) is 5.41 Å². The minimum absolute atomic E-state index is 0.569. The zero-order valence-electron chi connectivity index (χ0n) is 12.0. The van der Waals surface area contributed by atoms with Gasteiger partial charge in [0, 0.05) is 29.2 Å². The van der Waals surface area contributed by atoms with Crippen molar-refractivity contribution in [3.8, 4) is 0 Å². The summed E-state index contributed by atoms with van der Waals surface area (Å²) in [6.45, 7) is 4.30. The van der Waals surface area contributed by atoms with Gasteiger partial charge in [-0.05, 0) is 37.8 Å². The molecule has 0 amide bonds. The van der Waals surface area contributed by atoms with Crippen molar-refractivity contribution in [2.45, 2.75) is 38.4 Å². The van der Waals surface area contributed by atoms with E-state index in [1.54, 1.807) is 22.7 Å². The van der Waals surface area contributed by atoms with Crippen molar-refractivity contribution in [2.24, 2.45) is 5.41 Å². The maximum absolute atomic E-state index is 4.48. The van der Waals surface area contributed by atoms with Gasteiger partial charge in [-0.25, -0.2) is 9.97 Å². The third-order valence-corrected chi connectivity index (χ3v) is 6.36. The second-order valence-electron chi connectivity index (χ2n) is 6.09. The Bertz CT molecular complexity index is 524. The molecule has 1 aliphatic heterocycles. The molecule has 1 aliphatic carbocycles. The van der Waals surface area contributed by atoms with Crippen LogP contribution in [-0.4, -0.2) is 34.0 Å². The van der Waals surface area contributed by atoms with Crippen LogP contribution in [0.3, 0.4) is 0 Å². The van der Waals surface area contributed by atoms with Crippen LogP contribution < -0.4 is 5.32 Å². The van der Waals surface area contributed by atoms with E-state index in [2.05, 4.69) is 30.9 Å². The fourth-order valence-electron chi connectivity index (χ4n) is 3.59. The van der Waals surface area contributed by atoms with E-state index in [4.69, 9.17) is 0 Å². The number of nitrogens with one attached hydrogen (secondary N) is 1. The monoisotopic (exact) mass is 320 g/mol. The van der Waals surface area contributed by atoms with Crippen LogP contribution in [0.25, 0.3) is 0 Å². The van der Waals surface area contributed by atoms with E-state index < -0.39 is 0 Å². The van der Waals surface area contributed by atoms with Crippen LogP contribution in [0.2, 0.25) is 0 Å². The van der Waals surface area contributed by atoms with Gasteiger partial charge in [0.05, 0.1) is 13.1 Å². The van der Waals surface area contributed by atoms with Gasteiger partial charge in [0.25, 0.3) is 0 Å². The molecule has 3 heterocycles. The standard InChI is InChI=1S/C15H20N4S2/c1-3-16-4-2-15(1)9-12(15)19(10-13-17-5-7-20-13)11-14-18-6-8-21-14/h5-8,12,16H,1-4,9-11H2. The minimum atomic E-state index is 0.569. The molecule has 21 heavy (non-hydrogen) atoms. The number of hydrogen-bond donors (Lipinski definition) is 1. The van der Waals surface area contributed by atoms with Gasteiger partial charge >= 0.3 is 0 Å². The largest absolute Gasteiger partial charge is 0.317 e. The molecule has 2 aromatic heterocycles. The first-order valence-corrected chi connectivity index (χ1v) is 9.33. The molecule has 0 radical (unpaired) electrons. The zero-order chi connectivity index (χ0) is 14.1. The lowest BCUT2D eigenvalue weighted by Crippen LogP contribution is -2.35. The number of nitrogens with zero attached hydrogens (tertiary/aromatic N) is 3. The molecule has 1 spiro atoms. The SMILES string of the molecule is c1csc(CN(Cc2nccs2)C2CC23CCNCC3)n1. The Morgan fingerprint density at radius 2 is 1.71 bits per heavy atom. The van der Waals surface area contributed by atoms with E-state index in [1.807, 2.05) is 12.4 Å². The molecule has 1 atom stereocenters. The van der Waals surface area contributed by atoms with Crippen molar-refractivity contribution in [2.75, 3.05) is 13.1 Å². The number of piperidine rings is 1. The minimum Gasteiger partial charge on any atom is -0.317 e. The third-order valence-electron chi connectivity index (χ3n) is 4.83. The highest BCUT2D eigenvalue weighted by Crippen LogP contribution is 2.56. The second kappa shape index (κ2) is 5.76. The Kier molecular flexibility index (Phi) is 3.79. The predicted molar refractivity (Wildman–Crippen MR) is 86.4 cm³/mol. The molecule has 4 rings (SSSR count). The lowest BCUT2D eigenvalue weighted by atomic mass is 9.93. The molecule has 6 heteroatoms. The molecule has 112 valence electrons. The zero-order valence-corrected chi connectivity index (χ0v) is 13.6. The molecule has 0 bridgehead atoms. The fourth-order valence-corrected chi connectivity index (χ4v) is 4.87. The molecule has 2 aliphatic rings. The number of hydrogen-bond acceptors (Lipinski definition) is 6. The van der Waals surface area contributed by atoms with Gasteiger partial charge in [-0.3, -0.25) is 4.90 Å². The third kappa shape index (κ3) is 2.90. The van der Waals surface area contributed by atoms with E-state index in [9.17, 15) is 0 Å². The van der Waals surface area contributed by atoms with Crippen molar-refractivity contribution in [3.05, 3.63) is 33.2 Å². The molecule has 0 aromatic carbocycles. The fraction of sp³-hybridized carbons (Fsp3) is 0.600. The van der Waals surface area contributed by atoms with Gasteiger partial charge < -0.3 is 5.32 Å². The first-order chi connectivity index (χ1) is 10.4. The summed E-state index contributed by atoms with van der Waals surface area (Å²) in [5.41, 5.74) is 0.569. The van der Waals surface area contributed by atoms with E-state index >= 15 is 0 Å². The molecule has 2 fully saturated rings. The quantitative estimate of drug-likeness (QED) is 0.920. The van der Waals surface area contributed by atoms with Crippen LogP contribution in [0.1, 0.15) is 29.3 Å². The smallest absolute Gasteiger partial charge is 0.107 e. The van der Waals surface area contributed by atoms with Crippen molar-refractivity contribution in [3.63, 3.8) is 0 Å². The van der Waals surface area contributed by atoms with E-state index in [1.165, 1.54) is 42.4 Å². The number of rotatable bonds is 5. The molecular formula is C15H20N4S2. The summed E-state index contributed by atoms with van der Waals surface area (Å²) in [7, 11) is 0. The summed E-state index contributed by atoms with van der Waals surface area (Å²) in [5, 5.41) is 10.1. The Morgan fingerprint density at radius 1 is 1.10 bits per heavy atom. The summed E-state index contributed by atoms with van der Waals surface area (Å²) < 4.78 is 0. The van der Waals surface area contributed by atoms with Crippen LogP contribution in [0.4, 0.5) is 0 Å². The molecule has 1 unspecified atom stereocenters. The second-order valence-corrected chi connectivity index (χ2v) is 8.05.